The van der Waals surface area contributed by atoms with E-state index in [1.165, 1.54) is 16.7 Å². The van der Waals surface area contributed by atoms with Crippen LogP contribution in [0.25, 0.3) is 5.57 Å². The van der Waals surface area contributed by atoms with Crippen LogP contribution in [0.1, 0.15) is 40.2 Å². The third-order valence-corrected chi connectivity index (χ3v) is 1.96. The molecule has 1 aromatic rings. The average molecular weight is 565 g/mol. The van der Waals surface area contributed by atoms with E-state index in [9.17, 15) is 0 Å². The van der Waals surface area contributed by atoms with E-state index in [0.717, 1.165) is 0 Å². The van der Waals surface area contributed by atoms with Crippen molar-refractivity contribution >= 4 is 5.57 Å². The summed E-state index contributed by atoms with van der Waals surface area (Å²) in [7, 11) is 0. The molecule has 0 aliphatic heterocycles. The molecule has 0 unspecified atom stereocenters. The van der Waals surface area contributed by atoms with E-state index in [-0.39, 0.29) is 37.2 Å². The Morgan fingerprint density at radius 2 is 1.18 bits per heavy atom. The van der Waals surface area contributed by atoms with Crippen LogP contribution in [-0.4, -0.2) is 0 Å². The van der Waals surface area contributed by atoms with Gasteiger partial charge in [0.2, 0.25) is 0 Å². The van der Waals surface area contributed by atoms with Crippen molar-refractivity contribution in [3.8, 4) is 0 Å². The molecule has 2 heteroatoms. The first-order valence-electron chi connectivity index (χ1n) is 4.91. The van der Waals surface area contributed by atoms with Crippen LogP contribution in [0.3, 0.4) is 0 Å². The molecule has 0 aliphatic carbocycles. The average Bonchev–Trinajstić information content (AvgIpc) is 2.21. The number of hydrogen-bond donors (Lipinski definition) is 0. The fourth-order valence-corrected chi connectivity index (χ4v) is 0.977. The molecule has 1 aromatic carbocycles. The molecule has 0 saturated heterocycles. The minimum absolute atomic E-state index is 0. The van der Waals surface area contributed by atoms with Crippen molar-refractivity contribution in [3.05, 3.63) is 56.3 Å². The van der Waals surface area contributed by atoms with E-state index in [1.54, 1.807) is 0 Å². The maximum absolute atomic E-state index is 2.16. The Kier molecular flexibility index (Phi) is 29.8. The zero-order chi connectivity index (χ0) is 10.3. The fourth-order valence-electron chi connectivity index (χ4n) is 0.977. The van der Waals surface area contributed by atoms with Gasteiger partial charge in [-0.2, -0.15) is 0 Å². The molecule has 0 aromatic heterocycles. The third-order valence-electron chi connectivity index (χ3n) is 1.96. The Bertz CT molecular complexity index is 262. The Morgan fingerprint density at radius 3 is 1.47 bits per heavy atom. The second-order valence-corrected chi connectivity index (χ2v) is 2.99. The first kappa shape index (κ1) is 29.6. The van der Waals surface area contributed by atoms with Crippen LogP contribution in [0.5, 0.6) is 0 Å². The number of benzene rings is 1. The Hall–Kier alpha value is -1.30. The van der Waals surface area contributed by atoms with Crippen LogP contribution in [0.2, 0.25) is 0 Å². The van der Waals surface area contributed by atoms with Gasteiger partial charge >= 0.3 is 22.4 Å². The standard InChI is InChI=1S/C11H14.C2H6.2CH3.Ag.Cf/c1-9(2)10(3)11-7-5-4-6-8-11;1-2;;;;/h4-8H,1-3H3;1-2H3;2*1H3;;/q;;2*-1;+1;. The summed E-state index contributed by atoms with van der Waals surface area (Å²) in [5.74, 6) is 0. The van der Waals surface area contributed by atoms with E-state index >= 15 is 0 Å². The number of hydrogen-bond acceptors (Lipinski definition) is 0. The van der Waals surface area contributed by atoms with Gasteiger partial charge in [-0.1, -0.05) is 49.8 Å². The molecule has 0 heterocycles. The van der Waals surface area contributed by atoms with Crippen molar-refractivity contribution in [2.75, 3.05) is 0 Å². The van der Waals surface area contributed by atoms with Crippen molar-refractivity contribution in [3.63, 3.8) is 0 Å². The summed E-state index contributed by atoms with van der Waals surface area (Å²) in [6.07, 6.45) is 0. The van der Waals surface area contributed by atoms with Gasteiger partial charge < -0.3 is 14.9 Å². The van der Waals surface area contributed by atoms with Gasteiger partial charge in [-0.15, -0.1) is 0 Å². The maximum Gasteiger partial charge on any atom is 1.00 e. The Balaban J connectivity index is -0.0000000760. The van der Waals surface area contributed by atoms with E-state index in [1.807, 2.05) is 19.9 Å². The molecular weight excluding hydrogens is 539 g/mol. The molecule has 0 fully saturated rings. The molecule has 0 spiro atoms. The summed E-state index contributed by atoms with van der Waals surface area (Å²) in [4.78, 5) is 0. The Morgan fingerprint density at radius 1 is 0.824 bits per heavy atom. The second-order valence-electron chi connectivity index (χ2n) is 2.99. The molecule has 0 amide bonds. The molecular formula is C15H26AgCf-. The maximum atomic E-state index is 2.16. The monoisotopic (exact) mass is 562 g/mol. The summed E-state index contributed by atoms with van der Waals surface area (Å²) in [5.41, 5.74) is 4.09. The van der Waals surface area contributed by atoms with Crippen LogP contribution >= 0.6 is 0 Å². The van der Waals surface area contributed by atoms with Gasteiger partial charge in [0.25, 0.3) is 0 Å². The summed E-state index contributed by atoms with van der Waals surface area (Å²) < 4.78 is 0. The zero-order valence-electron chi connectivity index (χ0n) is 12.0. The van der Waals surface area contributed by atoms with Gasteiger partial charge in [-0.3, -0.25) is 0 Å². The summed E-state index contributed by atoms with van der Waals surface area (Å²) in [6, 6.07) is 10.5. The predicted octanol–water partition coefficient (Wildman–Crippen LogP) is 5.42. The second kappa shape index (κ2) is 17.1. The van der Waals surface area contributed by atoms with Crippen LogP contribution in [0.4, 0.5) is 0 Å². The molecule has 0 bridgehead atoms. The minimum Gasteiger partial charge on any atom is -0.358 e. The van der Waals surface area contributed by atoms with Gasteiger partial charge in [0.1, 0.15) is 0 Å². The predicted molar refractivity (Wildman–Crippen MR) is 74.6 cm³/mol. The Labute approximate surface area is 119 Å². The van der Waals surface area contributed by atoms with Gasteiger partial charge in [-0.25, -0.2) is 0 Å². The zero-order valence-corrected chi connectivity index (χ0v) is 16.1. The van der Waals surface area contributed by atoms with Gasteiger partial charge in [-0.05, 0) is 31.9 Å². The van der Waals surface area contributed by atoms with E-state index in [4.69, 9.17) is 0 Å². The van der Waals surface area contributed by atoms with Crippen molar-refractivity contribution in [2.45, 2.75) is 34.6 Å². The molecule has 0 N–H and O–H groups in total. The largest absolute Gasteiger partial charge is 1.00 e. The molecule has 0 saturated carbocycles. The first-order chi connectivity index (χ1) is 6.22. The van der Waals surface area contributed by atoms with Crippen LogP contribution < -0.4 is 0 Å². The number of rotatable bonds is 1. The third kappa shape index (κ3) is 11.0. The van der Waals surface area contributed by atoms with E-state index in [2.05, 4.69) is 45.0 Å². The van der Waals surface area contributed by atoms with Crippen molar-refractivity contribution in [1.82, 2.24) is 0 Å². The van der Waals surface area contributed by atoms with Crippen LogP contribution in [-0.2, 0) is 22.4 Å². The van der Waals surface area contributed by atoms with Gasteiger partial charge in [0.15, 0.2) is 0 Å². The normalized spacial score (nSPS) is 6.41. The molecule has 0 radical (unpaired) electrons. The SMILES string of the molecule is CC.CC(C)=C(C)c1ccccc1.[Ag+].[CH3-].[CH3-].[Cf]. The molecule has 17 heavy (non-hydrogen) atoms. The minimum atomic E-state index is 0. The first-order valence-corrected chi connectivity index (χ1v) is 4.91. The molecule has 0 atom stereocenters. The van der Waals surface area contributed by atoms with Crippen molar-refractivity contribution in [2.24, 2.45) is 0 Å². The molecule has 1 rings (SSSR count). The smallest absolute Gasteiger partial charge is 0.358 e. The van der Waals surface area contributed by atoms with E-state index < -0.39 is 0 Å². The summed E-state index contributed by atoms with van der Waals surface area (Å²) in [6.45, 7) is 10.4. The summed E-state index contributed by atoms with van der Waals surface area (Å²) >= 11 is 0. The van der Waals surface area contributed by atoms with Gasteiger partial charge in [0.05, 0.1) is 0 Å². The van der Waals surface area contributed by atoms with Crippen molar-refractivity contribution < 1.29 is 22.4 Å². The molecule has 0 aliphatic rings. The van der Waals surface area contributed by atoms with Gasteiger partial charge in [0, 0.05) is 0 Å². The topological polar surface area (TPSA) is 0 Å². The van der Waals surface area contributed by atoms with Crippen molar-refractivity contribution in [1.29, 1.82) is 0 Å². The quantitative estimate of drug-likeness (QED) is 0.315. The van der Waals surface area contributed by atoms with E-state index in [0.29, 0.717) is 0 Å². The summed E-state index contributed by atoms with van der Waals surface area (Å²) in [5, 5.41) is 0. The number of allylic oxidation sites excluding steroid dienone is 2. The molecule has 108 valence electrons. The molecule has 0 nitrogen and oxygen atoms in total. The fraction of sp³-hybridized carbons (Fsp3) is 0.333. The van der Waals surface area contributed by atoms with Crippen LogP contribution in [0.15, 0.2) is 35.9 Å². The van der Waals surface area contributed by atoms with Crippen LogP contribution in [0, 0.1) is 14.9 Å².